The van der Waals surface area contributed by atoms with E-state index in [1.165, 1.54) is 54.5 Å². The highest BCUT2D eigenvalue weighted by Gasteiger charge is 2.14. The molecule has 1 saturated heterocycles. The van der Waals surface area contributed by atoms with Crippen molar-refractivity contribution < 1.29 is 0 Å². The van der Waals surface area contributed by atoms with E-state index in [1.807, 2.05) is 0 Å². The van der Waals surface area contributed by atoms with Crippen LogP contribution in [0.3, 0.4) is 0 Å². The molecule has 1 aromatic carbocycles. The number of nitrogens with one attached hydrogen (secondary N) is 1. The molecule has 3 heteroatoms. The van der Waals surface area contributed by atoms with E-state index < -0.39 is 0 Å². The molecule has 0 radical (unpaired) electrons. The van der Waals surface area contributed by atoms with Crippen molar-refractivity contribution >= 4 is 21.6 Å². The minimum Gasteiger partial charge on any atom is -0.371 e. The van der Waals surface area contributed by atoms with Gasteiger partial charge in [-0.25, -0.2) is 0 Å². The topological polar surface area (TPSA) is 15.3 Å². The van der Waals surface area contributed by atoms with Crippen LogP contribution in [0.2, 0.25) is 0 Å². The second kappa shape index (κ2) is 7.30. The summed E-state index contributed by atoms with van der Waals surface area (Å²) in [6.07, 6.45) is 5.40. The van der Waals surface area contributed by atoms with E-state index in [-0.39, 0.29) is 0 Å². The van der Waals surface area contributed by atoms with Crippen molar-refractivity contribution in [3.63, 3.8) is 0 Å². The van der Waals surface area contributed by atoms with Crippen LogP contribution >= 0.6 is 15.9 Å². The molecule has 1 fully saturated rings. The first-order valence-corrected chi connectivity index (χ1v) is 8.23. The zero-order chi connectivity index (χ0) is 13.7. The van der Waals surface area contributed by atoms with Crippen LogP contribution in [0.15, 0.2) is 22.7 Å². The molecule has 2 rings (SSSR count). The molecule has 1 N–H and O–H groups in total. The van der Waals surface area contributed by atoms with Gasteiger partial charge in [0.1, 0.15) is 0 Å². The van der Waals surface area contributed by atoms with Crippen molar-refractivity contribution in [1.82, 2.24) is 5.32 Å². The standard InChI is InChI=1S/C16H25BrN2/c1-13(2)18-12-14-7-8-15(17)11-16(14)19-9-5-3-4-6-10-19/h7-8,11,13,18H,3-6,9-10,12H2,1-2H3. The molecule has 106 valence electrons. The quantitative estimate of drug-likeness (QED) is 0.886. The van der Waals surface area contributed by atoms with Crippen LogP contribution in [0, 0.1) is 0 Å². The Kier molecular flexibility index (Phi) is 5.71. The SMILES string of the molecule is CC(C)NCc1ccc(Br)cc1N1CCCCCC1. The Morgan fingerprint density at radius 2 is 1.84 bits per heavy atom. The Balaban J connectivity index is 2.17. The van der Waals surface area contributed by atoms with Gasteiger partial charge in [-0.3, -0.25) is 0 Å². The molecule has 2 nitrogen and oxygen atoms in total. The van der Waals surface area contributed by atoms with E-state index in [2.05, 4.69) is 58.2 Å². The molecule has 0 aromatic heterocycles. The van der Waals surface area contributed by atoms with Gasteiger partial charge in [0.05, 0.1) is 0 Å². The first-order valence-electron chi connectivity index (χ1n) is 7.43. The molecule has 1 heterocycles. The molecule has 0 saturated carbocycles. The number of nitrogens with zero attached hydrogens (tertiary/aromatic N) is 1. The summed E-state index contributed by atoms with van der Waals surface area (Å²) in [5.41, 5.74) is 2.82. The maximum atomic E-state index is 3.62. The maximum absolute atomic E-state index is 3.62. The number of halogens is 1. The summed E-state index contributed by atoms with van der Waals surface area (Å²) >= 11 is 3.62. The molecule has 0 bridgehead atoms. The second-order valence-electron chi connectivity index (χ2n) is 5.71. The van der Waals surface area contributed by atoms with Crippen molar-refractivity contribution in [2.45, 2.75) is 52.1 Å². The summed E-state index contributed by atoms with van der Waals surface area (Å²) in [6, 6.07) is 7.21. The predicted octanol–water partition coefficient (Wildman–Crippen LogP) is 4.33. The molecule has 1 aliphatic rings. The Morgan fingerprint density at radius 1 is 1.16 bits per heavy atom. The number of anilines is 1. The summed E-state index contributed by atoms with van der Waals surface area (Å²) in [5, 5.41) is 3.53. The molecule has 0 spiro atoms. The smallest absolute Gasteiger partial charge is 0.0423 e. The summed E-state index contributed by atoms with van der Waals surface area (Å²) in [6.45, 7) is 7.75. The van der Waals surface area contributed by atoms with E-state index in [9.17, 15) is 0 Å². The van der Waals surface area contributed by atoms with Crippen molar-refractivity contribution in [2.75, 3.05) is 18.0 Å². The Morgan fingerprint density at radius 3 is 2.47 bits per heavy atom. The van der Waals surface area contributed by atoms with E-state index in [4.69, 9.17) is 0 Å². The predicted molar refractivity (Wildman–Crippen MR) is 86.8 cm³/mol. The van der Waals surface area contributed by atoms with E-state index >= 15 is 0 Å². The fraction of sp³-hybridized carbons (Fsp3) is 0.625. The van der Waals surface area contributed by atoms with Gasteiger partial charge >= 0.3 is 0 Å². The van der Waals surface area contributed by atoms with Crippen LogP contribution in [0.5, 0.6) is 0 Å². The van der Waals surface area contributed by atoms with Crippen LogP contribution in [0.4, 0.5) is 5.69 Å². The van der Waals surface area contributed by atoms with Crippen LogP contribution in [0.1, 0.15) is 45.1 Å². The molecule has 0 unspecified atom stereocenters. The van der Waals surface area contributed by atoms with Gasteiger partial charge in [0.15, 0.2) is 0 Å². The van der Waals surface area contributed by atoms with Crippen LogP contribution < -0.4 is 10.2 Å². The van der Waals surface area contributed by atoms with Gasteiger partial charge in [0.25, 0.3) is 0 Å². The molecule has 0 aliphatic carbocycles. The lowest BCUT2D eigenvalue weighted by Gasteiger charge is -2.26. The summed E-state index contributed by atoms with van der Waals surface area (Å²) in [4.78, 5) is 2.56. The van der Waals surface area contributed by atoms with Gasteiger partial charge < -0.3 is 10.2 Å². The van der Waals surface area contributed by atoms with Gasteiger partial charge in [0, 0.05) is 35.8 Å². The molecule has 0 amide bonds. The fourth-order valence-electron chi connectivity index (χ4n) is 2.61. The summed E-state index contributed by atoms with van der Waals surface area (Å²) < 4.78 is 1.18. The summed E-state index contributed by atoms with van der Waals surface area (Å²) in [7, 11) is 0. The molecule has 1 aliphatic heterocycles. The van der Waals surface area contributed by atoms with E-state index in [0.29, 0.717) is 6.04 Å². The number of hydrogen-bond donors (Lipinski definition) is 1. The number of rotatable bonds is 4. The zero-order valence-electron chi connectivity index (χ0n) is 12.1. The third-order valence-corrected chi connectivity index (χ3v) is 4.19. The Labute approximate surface area is 125 Å². The Hall–Kier alpha value is -0.540. The van der Waals surface area contributed by atoms with Gasteiger partial charge in [-0.15, -0.1) is 0 Å². The molecule has 0 atom stereocenters. The highest BCUT2D eigenvalue weighted by molar-refractivity contribution is 9.10. The largest absolute Gasteiger partial charge is 0.371 e. The lowest BCUT2D eigenvalue weighted by atomic mass is 10.1. The molecular weight excluding hydrogens is 300 g/mol. The van der Waals surface area contributed by atoms with Crippen molar-refractivity contribution in [3.8, 4) is 0 Å². The molecular formula is C16H25BrN2. The zero-order valence-corrected chi connectivity index (χ0v) is 13.7. The highest BCUT2D eigenvalue weighted by Crippen LogP contribution is 2.27. The number of hydrogen-bond acceptors (Lipinski definition) is 2. The van der Waals surface area contributed by atoms with Gasteiger partial charge in [-0.05, 0) is 30.5 Å². The summed E-state index contributed by atoms with van der Waals surface area (Å²) in [5.74, 6) is 0. The van der Waals surface area contributed by atoms with E-state index in [1.54, 1.807) is 0 Å². The third-order valence-electron chi connectivity index (χ3n) is 3.69. The lowest BCUT2D eigenvalue weighted by molar-refractivity contribution is 0.587. The van der Waals surface area contributed by atoms with Crippen molar-refractivity contribution in [3.05, 3.63) is 28.2 Å². The Bertz CT molecular complexity index is 396. The van der Waals surface area contributed by atoms with Crippen molar-refractivity contribution in [2.24, 2.45) is 0 Å². The molecule has 1 aromatic rings. The van der Waals surface area contributed by atoms with Gasteiger partial charge in [-0.2, -0.15) is 0 Å². The first-order chi connectivity index (χ1) is 9.16. The van der Waals surface area contributed by atoms with E-state index in [0.717, 1.165) is 6.54 Å². The highest BCUT2D eigenvalue weighted by atomic mass is 79.9. The third kappa shape index (κ3) is 4.50. The first kappa shape index (κ1) is 14.9. The minimum atomic E-state index is 0.528. The average Bonchev–Trinajstić information content (AvgIpc) is 2.65. The van der Waals surface area contributed by atoms with Gasteiger partial charge in [-0.1, -0.05) is 48.7 Å². The maximum Gasteiger partial charge on any atom is 0.0423 e. The van der Waals surface area contributed by atoms with Crippen LogP contribution in [-0.2, 0) is 6.54 Å². The average molecular weight is 325 g/mol. The number of benzene rings is 1. The lowest BCUT2D eigenvalue weighted by Crippen LogP contribution is -2.27. The van der Waals surface area contributed by atoms with Gasteiger partial charge in [0.2, 0.25) is 0 Å². The normalized spacial score (nSPS) is 16.7. The van der Waals surface area contributed by atoms with Crippen molar-refractivity contribution in [1.29, 1.82) is 0 Å². The second-order valence-corrected chi connectivity index (χ2v) is 6.63. The van der Waals surface area contributed by atoms with Crippen LogP contribution in [0.25, 0.3) is 0 Å². The monoisotopic (exact) mass is 324 g/mol. The fourth-order valence-corrected chi connectivity index (χ4v) is 2.96. The molecule has 19 heavy (non-hydrogen) atoms. The van der Waals surface area contributed by atoms with Crippen LogP contribution in [-0.4, -0.2) is 19.1 Å². The minimum absolute atomic E-state index is 0.528.